The molecule has 4 nitrogen and oxygen atoms in total. The van der Waals surface area contributed by atoms with E-state index in [1.807, 2.05) is 11.4 Å². The van der Waals surface area contributed by atoms with Crippen LogP contribution >= 0.6 is 22.7 Å². The zero-order valence-corrected chi connectivity index (χ0v) is 12.2. The van der Waals surface area contributed by atoms with Crippen LogP contribution in [0, 0.1) is 0 Å². The number of amides is 1. The van der Waals surface area contributed by atoms with Crippen LogP contribution in [0.2, 0.25) is 0 Å². The SMILES string of the molecule is O=C(O)c1sccc1NC(=O)C1CCCc2sccc21. The van der Waals surface area contributed by atoms with Gasteiger partial charge >= 0.3 is 5.97 Å². The van der Waals surface area contributed by atoms with Crippen molar-refractivity contribution in [2.75, 3.05) is 5.32 Å². The number of hydrogen-bond donors (Lipinski definition) is 2. The van der Waals surface area contributed by atoms with Crippen LogP contribution in [-0.2, 0) is 11.2 Å². The predicted molar refractivity (Wildman–Crippen MR) is 79.9 cm³/mol. The lowest BCUT2D eigenvalue weighted by Gasteiger charge is -2.21. The van der Waals surface area contributed by atoms with Crippen molar-refractivity contribution in [1.82, 2.24) is 0 Å². The molecule has 3 rings (SSSR count). The van der Waals surface area contributed by atoms with E-state index in [0.717, 1.165) is 36.2 Å². The Hall–Kier alpha value is -1.66. The fourth-order valence-corrected chi connectivity index (χ4v) is 4.23. The fourth-order valence-electron chi connectivity index (χ4n) is 2.55. The number of rotatable bonds is 3. The van der Waals surface area contributed by atoms with E-state index in [2.05, 4.69) is 5.32 Å². The summed E-state index contributed by atoms with van der Waals surface area (Å²) in [7, 11) is 0. The topological polar surface area (TPSA) is 66.4 Å². The summed E-state index contributed by atoms with van der Waals surface area (Å²) in [6.07, 6.45) is 2.86. The van der Waals surface area contributed by atoms with E-state index >= 15 is 0 Å². The van der Waals surface area contributed by atoms with Crippen LogP contribution in [0.4, 0.5) is 5.69 Å². The molecule has 6 heteroatoms. The molecule has 0 aliphatic heterocycles. The molecule has 2 heterocycles. The van der Waals surface area contributed by atoms with E-state index in [4.69, 9.17) is 5.11 Å². The van der Waals surface area contributed by atoms with Gasteiger partial charge in [0.25, 0.3) is 0 Å². The molecule has 104 valence electrons. The summed E-state index contributed by atoms with van der Waals surface area (Å²) in [6.45, 7) is 0. The van der Waals surface area contributed by atoms with Crippen molar-refractivity contribution < 1.29 is 14.7 Å². The minimum Gasteiger partial charge on any atom is -0.477 e. The second kappa shape index (κ2) is 5.38. The molecule has 1 amide bonds. The normalized spacial score (nSPS) is 17.5. The van der Waals surface area contributed by atoms with Crippen LogP contribution in [0.1, 0.15) is 38.9 Å². The second-order valence-corrected chi connectivity index (χ2v) is 6.62. The number of thiophene rings is 2. The number of fused-ring (bicyclic) bond motifs is 1. The maximum Gasteiger partial charge on any atom is 0.348 e. The van der Waals surface area contributed by atoms with Gasteiger partial charge in [-0.15, -0.1) is 22.7 Å². The third-order valence-electron chi connectivity index (χ3n) is 3.49. The molecule has 0 radical (unpaired) electrons. The molecule has 1 atom stereocenters. The van der Waals surface area contributed by atoms with Crippen LogP contribution in [0.5, 0.6) is 0 Å². The molecule has 2 aromatic rings. The standard InChI is InChI=1S/C14H13NO3S2/c16-13(15-10-5-7-20-12(10)14(17)18)9-2-1-3-11-8(9)4-6-19-11/h4-7,9H,1-3H2,(H,15,16)(H,17,18). The zero-order valence-electron chi connectivity index (χ0n) is 10.6. The average molecular weight is 307 g/mol. The first kappa shape index (κ1) is 13.3. The highest BCUT2D eigenvalue weighted by atomic mass is 32.1. The predicted octanol–water partition coefficient (Wildman–Crippen LogP) is 3.57. The third kappa shape index (κ3) is 2.36. The van der Waals surface area contributed by atoms with E-state index in [1.54, 1.807) is 22.8 Å². The second-order valence-electron chi connectivity index (χ2n) is 4.70. The van der Waals surface area contributed by atoms with E-state index in [1.165, 1.54) is 4.88 Å². The van der Waals surface area contributed by atoms with E-state index in [9.17, 15) is 9.59 Å². The number of carboxylic acid groups (broad SMARTS) is 1. The Morgan fingerprint density at radius 2 is 2.05 bits per heavy atom. The molecule has 20 heavy (non-hydrogen) atoms. The summed E-state index contributed by atoms with van der Waals surface area (Å²) in [5, 5.41) is 15.5. The summed E-state index contributed by atoms with van der Waals surface area (Å²) in [5.74, 6) is -1.27. The first-order chi connectivity index (χ1) is 9.66. The number of carbonyl (C=O) groups excluding carboxylic acids is 1. The van der Waals surface area contributed by atoms with Crippen molar-refractivity contribution in [1.29, 1.82) is 0 Å². The molecule has 2 aromatic heterocycles. The van der Waals surface area contributed by atoms with E-state index in [0.29, 0.717) is 5.69 Å². The molecule has 1 unspecified atom stereocenters. The summed E-state index contributed by atoms with van der Waals surface area (Å²) < 4.78 is 0. The zero-order chi connectivity index (χ0) is 14.1. The average Bonchev–Trinajstić information content (AvgIpc) is 3.05. The maximum atomic E-state index is 12.4. The quantitative estimate of drug-likeness (QED) is 0.911. The summed E-state index contributed by atoms with van der Waals surface area (Å²) in [5.41, 5.74) is 1.50. The molecule has 0 fully saturated rings. The number of anilines is 1. The number of carbonyl (C=O) groups is 2. The lowest BCUT2D eigenvalue weighted by molar-refractivity contribution is -0.117. The molecular formula is C14H13NO3S2. The van der Waals surface area contributed by atoms with Gasteiger partial charge < -0.3 is 10.4 Å². The summed E-state index contributed by atoms with van der Waals surface area (Å²) in [6, 6.07) is 3.65. The van der Waals surface area contributed by atoms with Crippen LogP contribution < -0.4 is 5.32 Å². The van der Waals surface area contributed by atoms with Gasteiger partial charge in [-0.05, 0) is 47.7 Å². The highest BCUT2D eigenvalue weighted by Crippen LogP contribution is 2.36. The highest BCUT2D eigenvalue weighted by Gasteiger charge is 2.28. The first-order valence-corrected chi connectivity index (χ1v) is 8.10. The molecule has 1 aliphatic rings. The van der Waals surface area contributed by atoms with Crippen molar-refractivity contribution >= 4 is 40.2 Å². The van der Waals surface area contributed by atoms with Crippen molar-refractivity contribution in [3.8, 4) is 0 Å². The van der Waals surface area contributed by atoms with Crippen molar-refractivity contribution in [3.63, 3.8) is 0 Å². The molecule has 0 aromatic carbocycles. The molecule has 0 spiro atoms. The lowest BCUT2D eigenvalue weighted by Crippen LogP contribution is -2.24. The van der Waals surface area contributed by atoms with E-state index < -0.39 is 5.97 Å². The minimum absolute atomic E-state index is 0.106. The monoisotopic (exact) mass is 307 g/mol. The Labute approximate surface area is 124 Å². The van der Waals surface area contributed by atoms with Gasteiger partial charge in [-0.25, -0.2) is 4.79 Å². The Bertz CT molecular complexity index is 659. The fraction of sp³-hybridized carbons (Fsp3) is 0.286. The molecule has 0 saturated heterocycles. The largest absolute Gasteiger partial charge is 0.477 e. The number of carboxylic acids is 1. The van der Waals surface area contributed by atoms with Gasteiger partial charge in [0.05, 0.1) is 11.6 Å². The minimum atomic E-state index is -1.00. The number of hydrogen-bond acceptors (Lipinski definition) is 4. The van der Waals surface area contributed by atoms with Crippen LogP contribution in [0.3, 0.4) is 0 Å². The van der Waals surface area contributed by atoms with Crippen LogP contribution in [0.25, 0.3) is 0 Å². The molecular weight excluding hydrogens is 294 g/mol. The molecule has 0 bridgehead atoms. The van der Waals surface area contributed by atoms with Gasteiger partial charge in [0.15, 0.2) is 0 Å². The first-order valence-electron chi connectivity index (χ1n) is 6.34. The molecule has 0 saturated carbocycles. The smallest absolute Gasteiger partial charge is 0.348 e. The van der Waals surface area contributed by atoms with Crippen LogP contribution in [0.15, 0.2) is 22.9 Å². The van der Waals surface area contributed by atoms with Gasteiger partial charge in [0.2, 0.25) is 5.91 Å². The lowest BCUT2D eigenvalue weighted by atomic mass is 9.87. The Kier molecular flexibility index (Phi) is 3.58. The number of nitrogens with one attached hydrogen (secondary N) is 1. The van der Waals surface area contributed by atoms with Gasteiger partial charge in [-0.1, -0.05) is 0 Å². The Morgan fingerprint density at radius 3 is 2.85 bits per heavy atom. The van der Waals surface area contributed by atoms with Gasteiger partial charge in [0.1, 0.15) is 4.88 Å². The van der Waals surface area contributed by atoms with Crippen molar-refractivity contribution in [2.45, 2.75) is 25.2 Å². The summed E-state index contributed by atoms with van der Waals surface area (Å²) in [4.78, 5) is 24.9. The maximum absolute atomic E-state index is 12.4. The number of aromatic carboxylic acids is 1. The van der Waals surface area contributed by atoms with Gasteiger partial charge in [-0.3, -0.25) is 4.79 Å². The third-order valence-corrected chi connectivity index (χ3v) is 5.38. The van der Waals surface area contributed by atoms with E-state index in [-0.39, 0.29) is 16.7 Å². The van der Waals surface area contributed by atoms with Crippen molar-refractivity contribution in [3.05, 3.63) is 38.2 Å². The molecule has 2 N–H and O–H groups in total. The molecule has 1 aliphatic carbocycles. The van der Waals surface area contributed by atoms with Gasteiger partial charge in [-0.2, -0.15) is 0 Å². The van der Waals surface area contributed by atoms with Crippen LogP contribution in [-0.4, -0.2) is 17.0 Å². The summed E-state index contributed by atoms with van der Waals surface area (Å²) >= 11 is 2.81. The van der Waals surface area contributed by atoms with Gasteiger partial charge in [0, 0.05) is 4.88 Å². The number of aryl methyl sites for hydroxylation is 1. The Balaban J connectivity index is 1.81. The Morgan fingerprint density at radius 1 is 1.25 bits per heavy atom. The van der Waals surface area contributed by atoms with Crippen molar-refractivity contribution in [2.24, 2.45) is 0 Å². The highest BCUT2D eigenvalue weighted by molar-refractivity contribution is 7.12.